The van der Waals surface area contributed by atoms with E-state index in [1.54, 1.807) is 0 Å². The van der Waals surface area contributed by atoms with Gasteiger partial charge in [0, 0.05) is 5.38 Å². The number of aliphatic hydroxyl groups excluding tert-OH is 2. The van der Waals surface area contributed by atoms with Crippen LogP contribution in [0.1, 0.15) is 6.23 Å². The van der Waals surface area contributed by atoms with E-state index in [9.17, 15) is 10.2 Å². The Morgan fingerprint density at radius 1 is 1.50 bits per heavy atom. The number of anilines is 1. The van der Waals surface area contributed by atoms with Crippen LogP contribution in [0.15, 0.2) is 12.5 Å². The molecule has 3 heterocycles. The largest absolute Gasteiger partial charge is 0.394 e. The first-order valence-corrected chi connectivity index (χ1v) is 6.70. The van der Waals surface area contributed by atoms with Crippen LogP contribution in [0.3, 0.4) is 0 Å². The monoisotopic (exact) mass is 324 g/mol. The van der Waals surface area contributed by atoms with Crippen molar-refractivity contribution in [3.05, 3.63) is 12.5 Å². The number of nitrogens with zero attached hydrogens (tertiary/aromatic N) is 4. The highest BCUT2D eigenvalue weighted by atomic mass is 35.5. The summed E-state index contributed by atoms with van der Waals surface area (Å²) >= 11 is 5.46. The van der Waals surface area contributed by atoms with E-state index in [-0.39, 0.29) is 5.95 Å². The van der Waals surface area contributed by atoms with Gasteiger partial charge in [-0.3, -0.25) is 4.57 Å². The van der Waals surface area contributed by atoms with Gasteiger partial charge in [0.2, 0.25) is 5.95 Å². The first-order chi connectivity index (χ1) is 10.5. The van der Waals surface area contributed by atoms with Crippen LogP contribution in [0.2, 0.25) is 0 Å². The van der Waals surface area contributed by atoms with E-state index in [4.69, 9.17) is 27.8 Å². The molecule has 1 aliphatic rings. The van der Waals surface area contributed by atoms with Crippen molar-refractivity contribution in [1.82, 2.24) is 19.5 Å². The normalized spacial score (nSPS) is 31.2. The molecule has 0 aromatic carbocycles. The minimum Gasteiger partial charge on any atom is -0.394 e. The molecule has 10 heteroatoms. The maximum atomic E-state index is 10.3. The maximum absolute atomic E-state index is 10.3. The van der Waals surface area contributed by atoms with Crippen molar-refractivity contribution in [1.29, 1.82) is 0 Å². The van der Waals surface area contributed by atoms with Gasteiger partial charge in [-0.05, 0) is 11.6 Å². The molecule has 0 radical (unpaired) electrons. The maximum Gasteiger partial charge on any atom is 0.222 e. The molecule has 6 N–H and O–H groups in total. The Bertz CT molecular complexity index is 771. The lowest BCUT2D eigenvalue weighted by Gasteiger charge is -2.27. The SMILES string of the molecule is Nc1ncc2ncn([C@@H]3O[C@H](CO)C(O)[C@]3(N)C#CCl)c2n1. The molecule has 1 aliphatic heterocycles. The minimum absolute atomic E-state index is 0.0533. The van der Waals surface area contributed by atoms with Crippen molar-refractivity contribution in [2.45, 2.75) is 24.0 Å². The van der Waals surface area contributed by atoms with E-state index in [2.05, 4.69) is 26.3 Å². The van der Waals surface area contributed by atoms with E-state index >= 15 is 0 Å². The molecule has 2 aromatic rings. The highest BCUT2D eigenvalue weighted by Gasteiger charge is 2.54. The number of fused-ring (bicyclic) bond motifs is 1. The zero-order valence-corrected chi connectivity index (χ0v) is 12.0. The summed E-state index contributed by atoms with van der Waals surface area (Å²) in [5.74, 6) is 2.59. The van der Waals surface area contributed by atoms with Gasteiger partial charge in [0.1, 0.15) is 17.7 Å². The highest BCUT2D eigenvalue weighted by molar-refractivity contribution is 6.30. The lowest BCUT2D eigenvalue weighted by molar-refractivity contribution is -0.0447. The van der Waals surface area contributed by atoms with Crippen LogP contribution < -0.4 is 11.5 Å². The molecule has 1 saturated heterocycles. The number of imidazole rings is 1. The molecule has 0 amide bonds. The van der Waals surface area contributed by atoms with Crippen LogP contribution in [-0.4, -0.2) is 54.1 Å². The zero-order valence-electron chi connectivity index (χ0n) is 11.2. The van der Waals surface area contributed by atoms with Crippen LogP contribution in [0.25, 0.3) is 11.2 Å². The number of hydrogen-bond acceptors (Lipinski definition) is 8. The second-order valence-electron chi connectivity index (χ2n) is 4.90. The smallest absolute Gasteiger partial charge is 0.222 e. The predicted molar refractivity (Wildman–Crippen MR) is 77.3 cm³/mol. The number of nitrogens with two attached hydrogens (primary N) is 2. The second-order valence-corrected chi connectivity index (χ2v) is 5.08. The fourth-order valence-corrected chi connectivity index (χ4v) is 2.64. The molecule has 1 unspecified atom stereocenters. The molecule has 3 rings (SSSR count). The number of hydrogen-bond donors (Lipinski definition) is 4. The van der Waals surface area contributed by atoms with Crippen LogP contribution in [0, 0.1) is 11.3 Å². The first-order valence-electron chi connectivity index (χ1n) is 6.32. The molecule has 0 bridgehead atoms. The Balaban J connectivity index is 2.14. The molecule has 22 heavy (non-hydrogen) atoms. The third-order valence-corrected chi connectivity index (χ3v) is 3.68. The Labute approximate surface area is 129 Å². The predicted octanol–water partition coefficient (Wildman–Crippen LogP) is -1.44. The number of aliphatic hydroxyl groups is 2. The molecule has 0 spiro atoms. The van der Waals surface area contributed by atoms with E-state index in [0.29, 0.717) is 11.2 Å². The Kier molecular flexibility index (Phi) is 3.64. The summed E-state index contributed by atoms with van der Waals surface area (Å²) in [4.78, 5) is 12.1. The molecular formula is C12H13ClN6O3. The summed E-state index contributed by atoms with van der Waals surface area (Å²) < 4.78 is 7.10. The quantitative estimate of drug-likeness (QED) is 0.491. The van der Waals surface area contributed by atoms with Gasteiger partial charge in [0.15, 0.2) is 17.4 Å². The highest BCUT2D eigenvalue weighted by Crippen LogP contribution is 2.37. The van der Waals surface area contributed by atoms with Crippen LogP contribution >= 0.6 is 11.6 Å². The molecule has 2 aromatic heterocycles. The Morgan fingerprint density at radius 2 is 2.27 bits per heavy atom. The van der Waals surface area contributed by atoms with Gasteiger partial charge in [0.05, 0.1) is 19.1 Å². The molecular weight excluding hydrogens is 312 g/mol. The number of aromatic nitrogens is 4. The summed E-state index contributed by atoms with van der Waals surface area (Å²) in [5.41, 5.74) is 11.1. The first kappa shape index (κ1) is 15.0. The average Bonchev–Trinajstić information content (AvgIpc) is 3.00. The Hall–Kier alpha value is -1.96. The number of rotatable bonds is 2. The van der Waals surface area contributed by atoms with Gasteiger partial charge < -0.3 is 26.4 Å². The van der Waals surface area contributed by atoms with Crippen molar-refractivity contribution in [3.63, 3.8) is 0 Å². The summed E-state index contributed by atoms with van der Waals surface area (Å²) in [6, 6.07) is 0. The number of nitrogen functional groups attached to an aromatic ring is 1. The van der Waals surface area contributed by atoms with E-state index in [1.165, 1.54) is 17.1 Å². The number of halogens is 1. The summed E-state index contributed by atoms with van der Waals surface area (Å²) in [6.45, 7) is -0.426. The number of ether oxygens (including phenoxy) is 1. The third kappa shape index (κ3) is 2.09. The lowest BCUT2D eigenvalue weighted by atomic mass is 9.92. The van der Waals surface area contributed by atoms with Gasteiger partial charge in [0.25, 0.3) is 0 Å². The molecule has 116 valence electrons. The lowest BCUT2D eigenvalue weighted by Crippen LogP contribution is -2.53. The molecule has 0 aliphatic carbocycles. The van der Waals surface area contributed by atoms with Gasteiger partial charge >= 0.3 is 0 Å². The average molecular weight is 325 g/mol. The molecule has 4 atom stereocenters. The van der Waals surface area contributed by atoms with Crippen molar-refractivity contribution in [2.24, 2.45) is 5.73 Å². The van der Waals surface area contributed by atoms with Gasteiger partial charge in [-0.1, -0.05) is 5.92 Å². The Morgan fingerprint density at radius 3 is 2.95 bits per heavy atom. The fraction of sp³-hybridized carbons (Fsp3) is 0.417. The van der Waals surface area contributed by atoms with Gasteiger partial charge in [-0.2, -0.15) is 4.98 Å². The van der Waals surface area contributed by atoms with E-state index in [1.807, 2.05) is 0 Å². The standard InChI is InChI=1S/C12H13ClN6O3/c13-2-1-12(15)8(21)7(4-20)22-10(12)19-5-17-6-3-16-11(14)18-9(6)19/h3,5,7-8,10,20-21H,4,15H2,(H2,14,16,18)/t7-,8?,10-,12-/m1/s1. The van der Waals surface area contributed by atoms with Crippen LogP contribution in [0.4, 0.5) is 5.95 Å². The minimum atomic E-state index is -1.54. The summed E-state index contributed by atoms with van der Waals surface area (Å²) in [5, 5.41) is 21.8. The fourth-order valence-electron chi connectivity index (χ4n) is 2.47. The third-order valence-electron chi connectivity index (χ3n) is 3.58. The van der Waals surface area contributed by atoms with Crippen molar-refractivity contribution in [2.75, 3.05) is 12.3 Å². The summed E-state index contributed by atoms with van der Waals surface area (Å²) in [7, 11) is 0. The van der Waals surface area contributed by atoms with Gasteiger partial charge in [-0.15, -0.1) is 0 Å². The van der Waals surface area contributed by atoms with Crippen molar-refractivity contribution >= 4 is 28.7 Å². The van der Waals surface area contributed by atoms with Crippen molar-refractivity contribution < 1.29 is 14.9 Å². The van der Waals surface area contributed by atoms with Gasteiger partial charge in [-0.25, -0.2) is 9.97 Å². The topological polar surface area (TPSA) is 145 Å². The molecule has 0 saturated carbocycles. The molecule has 1 fully saturated rings. The summed E-state index contributed by atoms with van der Waals surface area (Å²) in [6.07, 6.45) is -0.234. The van der Waals surface area contributed by atoms with E-state index < -0.39 is 30.6 Å². The van der Waals surface area contributed by atoms with E-state index in [0.717, 1.165) is 0 Å². The molecule has 9 nitrogen and oxygen atoms in total. The van der Waals surface area contributed by atoms with Crippen molar-refractivity contribution in [3.8, 4) is 11.3 Å². The zero-order chi connectivity index (χ0) is 15.9. The van der Waals surface area contributed by atoms with Crippen LogP contribution in [0.5, 0.6) is 0 Å². The second kappa shape index (κ2) is 5.35. The van der Waals surface area contributed by atoms with Crippen LogP contribution in [-0.2, 0) is 4.74 Å².